The highest BCUT2D eigenvalue weighted by Gasteiger charge is 2.11. The number of rotatable bonds is 11. The van der Waals surface area contributed by atoms with Gasteiger partial charge in [0.1, 0.15) is 0 Å². The third kappa shape index (κ3) is 9.64. The quantitative estimate of drug-likeness (QED) is 0.530. The van der Waals surface area contributed by atoms with Crippen molar-refractivity contribution in [2.24, 2.45) is 11.8 Å². The molecule has 0 amide bonds. The van der Waals surface area contributed by atoms with Gasteiger partial charge < -0.3 is 5.11 Å². The molecule has 0 bridgehead atoms. The first-order valence-electron chi connectivity index (χ1n) is 7.81. The maximum atomic E-state index is 9.96. The van der Waals surface area contributed by atoms with Crippen molar-refractivity contribution in [3.05, 3.63) is 0 Å². The summed E-state index contributed by atoms with van der Waals surface area (Å²) in [6, 6.07) is 0. The molecule has 0 radical (unpaired) electrons. The third-order valence-corrected chi connectivity index (χ3v) is 4.14. The normalized spacial score (nSPS) is 16.8. The molecule has 0 aliphatic carbocycles. The van der Waals surface area contributed by atoms with Crippen LogP contribution in [0.5, 0.6) is 0 Å². The van der Waals surface area contributed by atoms with Gasteiger partial charge in [0.25, 0.3) is 0 Å². The van der Waals surface area contributed by atoms with Crippen molar-refractivity contribution in [2.45, 2.75) is 91.6 Å². The lowest BCUT2D eigenvalue weighted by Crippen LogP contribution is -2.11. The van der Waals surface area contributed by atoms with Gasteiger partial charge in [-0.1, -0.05) is 59.8 Å². The Bertz CT molecular complexity index is 156. The summed E-state index contributed by atoms with van der Waals surface area (Å²) in [6.45, 7) is 9.05. The Hall–Kier alpha value is -0.0400. The summed E-state index contributed by atoms with van der Waals surface area (Å²) in [7, 11) is 0. The summed E-state index contributed by atoms with van der Waals surface area (Å²) < 4.78 is 0. The molecule has 1 N–H and O–H groups in total. The van der Waals surface area contributed by atoms with Crippen LogP contribution >= 0.6 is 0 Å². The molecule has 0 aromatic carbocycles. The molecule has 3 atom stereocenters. The highest BCUT2D eigenvalue weighted by molar-refractivity contribution is 4.64. The molecule has 0 fully saturated rings. The highest BCUT2D eigenvalue weighted by Crippen LogP contribution is 2.21. The first-order chi connectivity index (χ1) is 8.13. The van der Waals surface area contributed by atoms with Crippen LogP contribution in [-0.2, 0) is 0 Å². The first-order valence-corrected chi connectivity index (χ1v) is 7.81. The molecule has 17 heavy (non-hydrogen) atoms. The van der Waals surface area contributed by atoms with Gasteiger partial charge in [0, 0.05) is 0 Å². The molecule has 104 valence electrons. The van der Waals surface area contributed by atoms with E-state index in [-0.39, 0.29) is 6.10 Å². The zero-order chi connectivity index (χ0) is 13.1. The van der Waals surface area contributed by atoms with Crippen molar-refractivity contribution in [1.82, 2.24) is 0 Å². The monoisotopic (exact) mass is 242 g/mol. The molecular weight excluding hydrogens is 208 g/mol. The standard InChI is InChI=1S/C16H34O/c1-5-8-9-15(7-3)11-13-16(17)12-10-14(4)6-2/h14-17H,5-13H2,1-4H3. The lowest BCUT2D eigenvalue weighted by atomic mass is 9.91. The maximum Gasteiger partial charge on any atom is 0.0540 e. The summed E-state index contributed by atoms with van der Waals surface area (Å²) in [5, 5.41) is 9.96. The molecule has 3 unspecified atom stereocenters. The van der Waals surface area contributed by atoms with E-state index in [4.69, 9.17) is 0 Å². The summed E-state index contributed by atoms with van der Waals surface area (Å²) in [6.07, 6.45) is 10.9. The van der Waals surface area contributed by atoms with Crippen molar-refractivity contribution in [3.8, 4) is 0 Å². The van der Waals surface area contributed by atoms with E-state index in [2.05, 4.69) is 27.7 Å². The van der Waals surface area contributed by atoms with Gasteiger partial charge in [-0.15, -0.1) is 0 Å². The van der Waals surface area contributed by atoms with Gasteiger partial charge in [-0.3, -0.25) is 0 Å². The van der Waals surface area contributed by atoms with Crippen LogP contribution in [0.2, 0.25) is 0 Å². The Morgan fingerprint density at radius 2 is 1.47 bits per heavy atom. The van der Waals surface area contributed by atoms with Crippen LogP contribution in [0.25, 0.3) is 0 Å². The largest absolute Gasteiger partial charge is 0.393 e. The fraction of sp³-hybridized carbons (Fsp3) is 1.00. The fourth-order valence-electron chi connectivity index (χ4n) is 2.30. The zero-order valence-corrected chi connectivity index (χ0v) is 12.5. The van der Waals surface area contributed by atoms with E-state index in [1.807, 2.05) is 0 Å². The minimum atomic E-state index is -0.0559. The SMILES string of the molecule is CCCCC(CC)CCC(O)CCC(C)CC. The van der Waals surface area contributed by atoms with Crippen molar-refractivity contribution in [2.75, 3.05) is 0 Å². The molecule has 0 aliphatic heterocycles. The van der Waals surface area contributed by atoms with Crippen molar-refractivity contribution < 1.29 is 5.11 Å². The summed E-state index contributed by atoms with van der Waals surface area (Å²) in [5.74, 6) is 1.61. The molecule has 1 nitrogen and oxygen atoms in total. The second-order valence-corrected chi connectivity index (χ2v) is 5.74. The zero-order valence-electron chi connectivity index (χ0n) is 12.5. The van der Waals surface area contributed by atoms with Gasteiger partial charge in [-0.05, 0) is 37.5 Å². The van der Waals surface area contributed by atoms with Gasteiger partial charge in [0.2, 0.25) is 0 Å². The Morgan fingerprint density at radius 3 is 2.00 bits per heavy atom. The lowest BCUT2D eigenvalue weighted by Gasteiger charge is -2.18. The molecule has 1 heteroatoms. The second-order valence-electron chi connectivity index (χ2n) is 5.74. The second kappa shape index (κ2) is 11.1. The topological polar surface area (TPSA) is 20.2 Å². The van der Waals surface area contributed by atoms with Crippen LogP contribution in [0.4, 0.5) is 0 Å². The minimum absolute atomic E-state index is 0.0559. The number of aliphatic hydroxyl groups is 1. The third-order valence-electron chi connectivity index (χ3n) is 4.14. The molecule has 0 saturated heterocycles. The summed E-state index contributed by atoms with van der Waals surface area (Å²) in [4.78, 5) is 0. The van der Waals surface area contributed by atoms with E-state index >= 15 is 0 Å². The number of hydrogen-bond acceptors (Lipinski definition) is 1. The van der Waals surface area contributed by atoms with Crippen LogP contribution in [-0.4, -0.2) is 11.2 Å². The molecule has 0 rings (SSSR count). The van der Waals surface area contributed by atoms with E-state index in [1.54, 1.807) is 0 Å². The van der Waals surface area contributed by atoms with Gasteiger partial charge in [-0.25, -0.2) is 0 Å². The average molecular weight is 242 g/mol. The van der Waals surface area contributed by atoms with Gasteiger partial charge in [-0.2, -0.15) is 0 Å². The molecule has 0 aromatic rings. The summed E-state index contributed by atoms with van der Waals surface area (Å²) >= 11 is 0. The molecule has 0 aliphatic rings. The van der Waals surface area contributed by atoms with E-state index in [1.165, 1.54) is 44.9 Å². The minimum Gasteiger partial charge on any atom is -0.393 e. The predicted octanol–water partition coefficient (Wildman–Crippen LogP) is 5.17. The van der Waals surface area contributed by atoms with E-state index in [0.29, 0.717) is 0 Å². The van der Waals surface area contributed by atoms with Crippen LogP contribution in [0.3, 0.4) is 0 Å². The van der Waals surface area contributed by atoms with E-state index in [9.17, 15) is 5.11 Å². The number of aliphatic hydroxyl groups excluding tert-OH is 1. The summed E-state index contributed by atoms with van der Waals surface area (Å²) in [5.41, 5.74) is 0. The van der Waals surface area contributed by atoms with Gasteiger partial charge >= 0.3 is 0 Å². The Balaban J connectivity index is 3.61. The van der Waals surface area contributed by atoms with Crippen LogP contribution in [0.1, 0.15) is 85.5 Å². The number of unbranched alkanes of at least 4 members (excludes halogenated alkanes) is 1. The van der Waals surface area contributed by atoms with Crippen molar-refractivity contribution in [3.63, 3.8) is 0 Å². The molecule has 0 spiro atoms. The van der Waals surface area contributed by atoms with Crippen molar-refractivity contribution in [1.29, 1.82) is 0 Å². The molecule has 0 saturated carbocycles. The van der Waals surface area contributed by atoms with Crippen LogP contribution in [0, 0.1) is 11.8 Å². The lowest BCUT2D eigenvalue weighted by molar-refractivity contribution is 0.135. The molecular formula is C16H34O. The van der Waals surface area contributed by atoms with Crippen LogP contribution in [0.15, 0.2) is 0 Å². The molecule has 0 aromatic heterocycles. The Morgan fingerprint density at radius 1 is 0.824 bits per heavy atom. The first kappa shape index (κ1) is 17.0. The Labute approximate surface area is 109 Å². The predicted molar refractivity (Wildman–Crippen MR) is 77.2 cm³/mol. The van der Waals surface area contributed by atoms with Gasteiger partial charge in [0.05, 0.1) is 6.10 Å². The van der Waals surface area contributed by atoms with E-state index in [0.717, 1.165) is 24.7 Å². The number of hydrogen-bond donors (Lipinski definition) is 1. The highest BCUT2D eigenvalue weighted by atomic mass is 16.3. The average Bonchev–Trinajstić information content (AvgIpc) is 2.36. The maximum absolute atomic E-state index is 9.96. The van der Waals surface area contributed by atoms with E-state index < -0.39 is 0 Å². The molecule has 0 heterocycles. The van der Waals surface area contributed by atoms with Gasteiger partial charge in [0.15, 0.2) is 0 Å². The Kier molecular flexibility index (Phi) is 11.0. The van der Waals surface area contributed by atoms with Crippen molar-refractivity contribution >= 4 is 0 Å². The van der Waals surface area contributed by atoms with Crippen LogP contribution < -0.4 is 0 Å². The fourth-order valence-corrected chi connectivity index (χ4v) is 2.30. The smallest absolute Gasteiger partial charge is 0.0540 e.